The van der Waals surface area contributed by atoms with E-state index >= 15 is 0 Å². The van der Waals surface area contributed by atoms with Crippen LogP contribution < -0.4 is 5.32 Å². The van der Waals surface area contributed by atoms with E-state index in [2.05, 4.69) is 10.3 Å². The Labute approximate surface area is 135 Å². The van der Waals surface area contributed by atoms with Gasteiger partial charge in [0.25, 0.3) is 0 Å². The van der Waals surface area contributed by atoms with Gasteiger partial charge in [0.05, 0.1) is 28.9 Å². The van der Waals surface area contributed by atoms with Crippen molar-refractivity contribution in [2.24, 2.45) is 0 Å². The quantitative estimate of drug-likeness (QED) is 0.856. The molecule has 0 saturated heterocycles. The molecule has 1 aromatic heterocycles. The maximum Gasteiger partial charge on any atom is 0.408 e. The van der Waals surface area contributed by atoms with Crippen molar-refractivity contribution in [1.82, 2.24) is 10.3 Å². The average Bonchev–Trinajstić information content (AvgIpc) is 2.36. The van der Waals surface area contributed by atoms with Crippen LogP contribution in [0.1, 0.15) is 56.7 Å². The van der Waals surface area contributed by atoms with Crippen molar-refractivity contribution in [3.63, 3.8) is 0 Å². The van der Waals surface area contributed by atoms with Gasteiger partial charge >= 0.3 is 12.1 Å². The fourth-order valence-corrected chi connectivity index (χ4v) is 1.88. The van der Waals surface area contributed by atoms with Gasteiger partial charge in [0, 0.05) is 6.20 Å². The zero-order chi connectivity index (χ0) is 16.9. The zero-order valence-electron chi connectivity index (χ0n) is 13.4. The number of halogens is 1. The number of nitrogens with one attached hydrogen (secondary N) is 1. The van der Waals surface area contributed by atoms with Gasteiger partial charge in [-0.15, -0.1) is 0 Å². The summed E-state index contributed by atoms with van der Waals surface area (Å²) in [5.74, 6) is -0.537. The summed E-state index contributed by atoms with van der Waals surface area (Å²) in [6.07, 6.45) is 0.818. The molecular formula is C15H21ClN2O4. The minimum absolute atomic E-state index is 0.220. The second-order valence-electron chi connectivity index (χ2n) is 5.67. The van der Waals surface area contributed by atoms with Crippen LogP contribution >= 0.6 is 11.6 Å². The standard InChI is InChI=1S/C15H21ClN2O4/c1-6-21-13(19)11-7-10(16)8-17-12(11)9(2)18-14(20)22-15(3,4)5/h7-9H,6H2,1-5H3,(H,18,20). The van der Waals surface area contributed by atoms with Gasteiger partial charge in [-0.2, -0.15) is 0 Å². The highest BCUT2D eigenvalue weighted by molar-refractivity contribution is 6.30. The van der Waals surface area contributed by atoms with Crippen LogP contribution in [0.3, 0.4) is 0 Å². The third kappa shape index (κ3) is 5.52. The van der Waals surface area contributed by atoms with Crippen LogP contribution in [-0.4, -0.2) is 29.3 Å². The molecule has 0 saturated carbocycles. The lowest BCUT2D eigenvalue weighted by Gasteiger charge is -2.22. The summed E-state index contributed by atoms with van der Waals surface area (Å²) in [5, 5.41) is 2.95. The Bertz CT molecular complexity index is 555. The zero-order valence-corrected chi connectivity index (χ0v) is 14.2. The van der Waals surface area contributed by atoms with Gasteiger partial charge in [-0.3, -0.25) is 4.98 Å². The molecule has 1 unspecified atom stereocenters. The molecule has 0 bridgehead atoms. The van der Waals surface area contributed by atoms with E-state index in [0.717, 1.165) is 0 Å². The number of alkyl carbamates (subject to hydrolysis) is 1. The molecule has 22 heavy (non-hydrogen) atoms. The van der Waals surface area contributed by atoms with Crippen LogP contribution in [0.25, 0.3) is 0 Å². The predicted octanol–water partition coefficient (Wildman–Crippen LogP) is 3.50. The van der Waals surface area contributed by atoms with Gasteiger partial charge in [-0.1, -0.05) is 11.6 Å². The number of nitrogens with zero attached hydrogens (tertiary/aromatic N) is 1. The van der Waals surface area contributed by atoms with Gasteiger partial charge in [-0.05, 0) is 40.7 Å². The highest BCUT2D eigenvalue weighted by atomic mass is 35.5. The van der Waals surface area contributed by atoms with E-state index in [4.69, 9.17) is 21.1 Å². The summed E-state index contributed by atoms with van der Waals surface area (Å²) in [7, 11) is 0. The number of carbonyl (C=O) groups is 2. The van der Waals surface area contributed by atoms with Crippen molar-refractivity contribution in [3.8, 4) is 0 Å². The second-order valence-corrected chi connectivity index (χ2v) is 6.11. The molecule has 0 aliphatic heterocycles. The Hall–Kier alpha value is -1.82. The fourth-order valence-electron chi connectivity index (χ4n) is 1.72. The molecule has 1 amide bonds. The normalized spacial score (nSPS) is 12.5. The third-order valence-corrected chi connectivity index (χ3v) is 2.73. The van der Waals surface area contributed by atoms with Crippen molar-refractivity contribution in [1.29, 1.82) is 0 Å². The third-order valence-electron chi connectivity index (χ3n) is 2.52. The lowest BCUT2D eigenvalue weighted by Crippen LogP contribution is -2.34. The number of ether oxygens (including phenoxy) is 2. The molecule has 7 heteroatoms. The molecule has 1 heterocycles. The lowest BCUT2D eigenvalue weighted by atomic mass is 10.1. The van der Waals surface area contributed by atoms with Gasteiger partial charge < -0.3 is 14.8 Å². The summed E-state index contributed by atoms with van der Waals surface area (Å²) in [6.45, 7) is 8.94. The topological polar surface area (TPSA) is 77.5 Å². The van der Waals surface area contributed by atoms with Crippen LogP contribution in [0.15, 0.2) is 12.3 Å². The molecule has 6 nitrogen and oxygen atoms in total. The molecule has 122 valence electrons. The Morgan fingerprint density at radius 3 is 2.59 bits per heavy atom. The lowest BCUT2D eigenvalue weighted by molar-refractivity contribution is 0.0488. The number of carbonyl (C=O) groups excluding carboxylic acids is 2. The molecule has 0 aromatic carbocycles. The number of rotatable bonds is 4. The average molecular weight is 329 g/mol. The maximum atomic E-state index is 12.0. The highest BCUT2D eigenvalue weighted by Gasteiger charge is 2.23. The van der Waals surface area contributed by atoms with E-state index in [9.17, 15) is 9.59 Å². The van der Waals surface area contributed by atoms with E-state index in [0.29, 0.717) is 10.7 Å². The Morgan fingerprint density at radius 2 is 2.05 bits per heavy atom. The minimum atomic E-state index is -0.610. The summed E-state index contributed by atoms with van der Waals surface area (Å²) < 4.78 is 10.2. The van der Waals surface area contributed by atoms with Gasteiger partial charge in [-0.25, -0.2) is 9.59 Å². The van der Waals surface area contributed by atoms with E-state index in [1.807, 2.05) is 0 Å². The number of pyridine rings is 1. The number of esters is 1. The molecule has 0 aliphatic carbocycles. The molecule has 1 N–H and O–H groups in total. The summed E-state index contributed by atoms with van der Waals surface area (Å²) in [4.78, 5) is 27.9. The molecule has 1 atom stereocenters. The Balaban J connectivity index is 2.95. The van der Waals surface area contributed by atoms with E-state index in [1.165, 1.54) is 12.3 Å². The van der Waals surface area contributed by atoms with Crippen molar-refractivity contribution < 1.29 is 19.1 Å². The SMILES string of the molecule is CCOC(=O)c1cc(Cl)cnc1C(C)NC(=O)OC(C)(C)C. The first kappa shape index (κ1) is 18.2. The van der Waals surface area contributed by atoms with Crippen molar-refractivity contribution >= 4 is 23.7 Å². The Kier molecular flexibility index (Phi) is 6.17. The van der Waals surface area contributed by atoms with Crippen molar-refractivity contribution in [2.75, 3.05) is 6.61 Å². The van der Waals surface area contributed by atoms with Gasteiger partial charge in [0.1, 0.15) is 5.60 Å². The highest BCUT2D eigenvalue weighted by Crippen LogP contribution is 2.21. The van der Waals surface area contributed by atoms with Gasteiger partial charge in [0.2, 0.25) is 0 Å². The van der Waals surface area contributed by atoms with E-state index in [-0.39, 0.29) is 12.2 Å². The van der Waals surface area contributed by atoms with Crippen molar-refractivity contribution in [2.45, 2.75) is 46.3 Å². The van der Waals surface area contributed by atoms with E-state index in [1.54, 1.807) is 34.6 Å². The number of hydrogen-bond donors (Lipinski definition) is 1. The number of hydrogen-bond acceptors (Lipinski definition) is 5. The first-order valence-corrected chi connectivity index (χ1v) is 7.34. The van der Waals surface area contributed by atoms with Crippen molar-refractivity contribution in [3.05, 3.63) is 28.5 Å². The number of amides is 1. The number of aromatic nitrogens is 1. The molecule has 1 rings (SSSR count). The molecular weight excluding hydrogens is 308 g/mol. The minimum Gasteiger partial charge on any atom is -0.462 e. The first-order chi connectivity index (χ1) is 10.1. The Morgan fingerprint density at radius 1 is 1.41 bits per heavy atom. The van der Waals surface area contributed by atoms with Crippen LogP contribution in [-0.2, 0) is 9.47 Å². The summed E-state index contributed by atoms with van der Waals surface area (Å²) >= 11 is 5.88. The molecule has 0 aliphatic rings. The maximum absolute atomic E-state index is 12.0. The molecule has 0 spiro atoms. The van der Waals surface area contributed by atoms with Crippen LogP contribution in [0.4, 0.5) is 4.79 Å². The summed E-state index contributed by atoms with van der Waals surface area (Å²) in [5.41, 5.74) is -0.0205. The van der Waals surface area contributed by atoms with E-state index < -0.39 is 23.7 Å². The second kappa shape index (κ2) is 7.45. The van der Waals surface area contributed by atoms with Crippen LogP contribution in [0.5, 0.6) is 0 Å². The molecule has 1 aromatic rings. The van der Waals surface area contributed by atoms with Crippen LogP contribution in [0.2, 0.25) is 5.02 Å². The predicted molar refractivity (Wildman–Crippen MR) is 83.0 cm³/mol. The van der Waals surface area contributed by atoms with Crippen LogP contribution in [0, 0.1) is 0 Å². The fraction of sp³-hybridized carbons (Fsp3) is 0.533. The smallest absolute Gasteiger partial charge is 0.408 e. The summed E-state index contributed by atoms with van der Waals surface area (Å²) in [6, 6.07) is 0.932. The first-order valence-electron chi connectivity index (χ1n) is 6.96. The van der Waals surface area contributed by atoms with Gasteiger partial charge in [0.15, 0.2) is 0 Å². The monoisotopic (exact) mass is 328 g/mol. The molecule has 0 radical (unpaired) electrons. The molecule has 0 fully saturated rings. The largest absolute Gasteiger partial charge is 0.462 e.